The molecule has 0 fully saturated rings. The number of hydrogen-bond donors (Lipinski definition) is 1. The van der Waals surface area contributed by atoms with Gasteiger partial charge in [0.2, 0.25) is 5.91 Å². The Balaban J connectivity index is 1.87. The lowest BCUT2D eigenvalue weighted by atomic mass is 9.92. The van der Waals surface area contributed by atoms with E-state index in [0.717, 1.165) is 10.2 Å². The Hall–Kier alpha value is -2.68. The van der Waals surface area contributed by atoms with Crippen molar-refractivity contribution in [3.05, 3.63) is 75.4 Å². The van der Waals surface area contributed by atoms with Gasteiger partial charge >= 0.3 is 0 Å². The molecule has 180 valence electrons. The van der Waals surface area contributed by atoms with Gasteiger partial charge in [-0.3, -0.25) is 9.59 Å². The van der Waals surface area contributed by atoms with E-state index in [1.807, 2.05) is 51.1 Å². The Labute approximate surface area is 213 Å². The van der Waals surface area contributed by atoms with Crippen LogP contribution < -0.4 is 5.32 Å². The van der Waals surface area contributed by atoms with Gasteiger partial charge in [0.05, 0.1) is 23.0 Å². The second-order valence-corrected chi connectivity index (χ2v) is 10.1. The van der Waals surface area contributed by atoms with Crippen molar-refractivity contribution in [2.75, 3.05) is 32.1 Å². The van der Waals surface area contributed by atoms with Crippen LogP contribution in [0, 0.1) is 0 Å². The van der Waals surface area contributed by atoms with Gasteiger partial charge in [-0.1, -0.05) is 66.5 Å². The summed E-state index contributed by atoms with van der Waals surface area (Å²) in [6.07, 6.45) is 0. The predicted molar refractivity (Wildman–Crippen MR) is 138 cm³/mol. The number of hydrogen-bond acceptors (Lipinski definition) is 4. The molecule has 0 spiro atoms. The zero-order chi connectivity index (χ0) is 24.9. The highest BCUT2D eigenvalue weighted by atomic mass is 79.9. The average molecular weight is 548 g/mol. The van der Waals surface area contributed by atoms with Gasteiger partial charge in [0.15, 0.2) is 0 Å². The first-order valence-corrected chi connectivity index (χ1v) is 12.0. The van der Waals surface area contributed by atoms with Crippen LogP contribution in [0.4, 0.5) is 5.82 Å². The van der Waals surface area contributed by atoms with Crippen LogP contribution in [0.1, 0.15) is 36.8 Å². The monoisotopic (exact) mass is 546 g/mol. The highest BCUT2D eigenvalue weighted by molar-refractivity contribution is 9.10. The molecule has 34 heavy (non-hydrogen) atoms. The van der Waals surface area contributed by atoms with E-state index in [4.69, 9.17) is 21.4 Å². The normalized spacial score (nSPS) is 11.4. The standard InChI is InChI=1S/C25H28BrClN4O3/c1-25(2,3)21-15-22(31(29-21)20-11-6-5-10-19(20)27)28-23(32)16-30(12-13-34-4)24(33)17-8-7-9-18(26)14-17/h5-11,14-15H,12-13,16H2,1-4H3,(H,28,32). The molecule has 7 nitrogen and oxygen atoms in total. The first-order chi connectivity index (χ1) is 16.1. The van der Waals surface area contributed by atoms with E-state index >= 15 is 0 Å². The molecule has 1 N–H and O–H groups in total. The van der Waals surface area contributed by atoms with Crippen molar-refractivity contribution in [2.24, 2.45) is 0 Å². The number of para-hydroxylation sites is 1. The lowest BCUT2D eigenvalue weighted by molar-refractivity contribution is -0.117. The van der Waals surface area contributed by atoms with Gasteiger partial charge in [0, 0.05) is 35.2 Å². The van der Waals surface area contributed by atoms with Crippen LogP contribution in [-0.2, 0) is 14.9 Å². The van der Waals surface area contributed by atoms with E-state index in [0.29, 0.717) is 28.7 Å². The van der Waals surface area contributed by atoms with Gasteiger partial charge in [-0.25, -0.2) is 4.68 Å². The van der Waals surface area contributed by atoms with Crippen LogP contribution in [0.3, 0.4) is 0 Å². The summed E-state index contributed by atoms with van der Waals surface area (Å²) < 4.78 is 7.56. The van der Waals surface area contributed by atoms with Gasteiger partial charge in [0.1, 0.15) is 12.4 Å². The minimum absolute atomic E-state index is 0.146. The minimum atomic E-state index is -0.354. The fourth-order valence-corrected chi connectivity index (χ4v) is 3.87. The first kappa shape index (κ1) is 25.9. The van der Waals surface area contributed by atoms with E-state index in [-0.39, 0.29) is 30.3 Å². The molecule has 0 bridgehead atoms. The molecule has 0 radical (unpaired) electrons. The lowest BCUT2D eigenvalue weighted by Crippen LogP contribution is -2.40. The third-order valence-corrected chi connectivity index (χ3v) is 5.90. The molecule has 0 saturated carbocycles. The Morgan fingerprint density at radius 2 is 1.88 bits per heavy atom. The van der Waals surface area contributed by atoms with E-state index in [1.54, 1.807) is 36.1 Å². The van der Waals surface area contributed by atoms with Crippen molar-refractivity contribution in [3.63, 3.8) is 0 Å². The van der Waals surface area contributed by atoms with E-state index in [9.17, 15) is 9.59 Å². The molecule has 0 atom stereocenters. The van der Waals surface area contributed by atoms with E-state index in [1.165, 1.54) is 4.90 Å². The lowest BCUT2D eigenvalue weighted by Gasteiger charge is -2.22. The van der Waals surface area contributed by atoms with Crippen LogP contribution in [0.5, 0.6) is 0 Å². The number of ether oxygens (including phenoxy) is 1. The fraction of sp³-hybridized carbons (Fsp3) is 0.320. The number of nitrogens with zero attached hydrogens (tertiary/aromatic N) is 3. The number of carbonyl (C=O) groups is 2. The van der Waals surface area contributed by atoms with E-state index in [2.05, 4.69) is 21.2 Å². The first-order valence-electron chi connectivity index (χ1n) is 10.8. The second kappa shape index (κ2) is 11.2. The number of methoxy groups -OCH3 is 1. The van der Waals surface area contributed by atoms with Crippen molar-refractivity contribution in [1.29, 1.82) is 0 Å². The van der Waals surface area contributed by atoms with Crippen LogP contribution in [-0.4, -0.2) is 53.3 Å². The summed E-state index contributed by atoms with van der Waals surface area (Å²) in [6, 6.07) is 16.2. The molecular weight excluding hydrogens is 520 g/mol. The van der Waals surface area contributed by atoms with Crippen molar-refractivity contribution in [1.82, 2.24) is 14.7 Å². The summed E-state index contributed by atoms with van der Waals surface area (Å²) in [5.74, 6) is -0.138. The molecule has 0 aliphatic carbocycles. The van der Waals surface area contributed by atoms with Crippen LogP contribution in [0.15, 0.2) is 59.1 Å². The molecule has 1 heterocycles. The Morgan fingerprint density at radius 3 is 2.53 bits per heavy atom. The summed E-state index contributed by atoms with van der Waals surface area (Å²) in [5, 5.41) is 8.12. The summed E-state index contributed by atoms with van der Waals surface area (Å²) in [4.78, 5) is 27.6. The van der Waals surface area contributed by atoms with Crippen LogP contribution in [0.2, 0.25) is 5.02 Å². The molecule has 0 unspecified atom stereocenters. The highest BCUT2D eigenvalue weighted by Crippen LogP contribution is 2.29. The van der Waals surface area contributed by atoms with Crippen LogP contribution >= 0.6 is 27.5 Å². The predicted octanol–water partition coefficient (Wildman–Crippen LogP) is 5.31. The fourth-order valence-electron chi connectivity index (χ4n) is 3.26. The molecule has 0 aliphatic rings. The number of nitrogens with one attached hydrogen (secondary N) is 1. The van der Waals surface area contributed by atoms with Gasteiger partial charge in [-0.05, 0) is 30.3 Å². The summed E-state index contributed by atoms with van der Waals surface area (Å²) >= 11 is 9.80. The third kappa shape index (κ3) is 6.46. The number of aromatic nitrogens is 2. The Kier molecular flexibility index (Phi) is 8.52. The topological polar surface area (TPSA) is 76.5 Å². The van der Waals surface area contributed by atoms with Gasteiger partial charge in [-0.2, -0.15) is 5.10 Å². The number of anilines is 1. The number of benzene rings is 2. The number of halogens is 2. The summed E-state index contributed by atoms with van der Waals surface area (Å²) in [6.45, 7) is 6.56. The van der Waals surface area contributed by atoms with Crippen molar-refractivity contribution >= 4 is 45.2 Å². The SMILES string of the molecule is COCCN(CC(=O)Nc1cc(C(C)(C)C)nn1-c1ccccc1Cl)C(=O)c1cccc(Br)c1. The van der Waals surface area contributed by atoms with Gasteiger partial charge in [-0.15, -0.1) is 0 Å². The maximum absolute atomic E-state index is 13.1. The molecule has 0 aliphatic heterocycles. The maximum atomic E-state index is 13.1. The zero-order valence-corrected chi connectivity index (χ0v) is 22.0. The van der Waals surface area contributed by atoms with Crippen LogP contribution in [0.25, 0.3) is 5.69 Å². The summed E-state index contributed by atoms with van der Waals surface area (Å²) in [7, 11) is 1.55. The smallest absolute Gasteiger partial charge is 0.254 e. The molecule has 2 aromatic carbocycles. The Morgan fingerprint density at radius 1 is 1.15 bits per heavy atom. The number of rotatable bonds is 8. The quantitative estimate of drug-likeness (QED) is 0.414. The summed E-state index contributed by atoms with van der Waals surface area (Å²) in [5.41, 5.74) is 1.68. The molecule has 9 heteroatoms. The minimum Gasteiger partial charge on any atom is -0.383 e. The number of amides is 2. The number of carbonyl (C=O) groups excluding carboxylic acids is 2. The van der Waals surface area contributed by atoms with Crippen molar-refractivity contribution in [2.45, 2.75) is 26.2 Å². The van der Waals surface area contributed by atoms with Gasteiger partial charge < -0.3 is 15.0 Å². The second-order valence-electron chi connectivity index (χ2n) is 8.81. The molecule has 3 rings (SSSR count). The van der Waals surface area contributed by atoms with Gasteiger partial charge in [0.25, 0.3) is 5.91 Å². The average Bonchev–Trinajstić information content (AvgIpc) is 3.20. The third-order valence-electron chi connectivity index (χ3n) is 5.08. The molecule has 1 aromatic heterocycles. The largest absolute Gasteiger partial charge is 0.383 e. The highest BCUT2D eigenvalue weighted by Gasteiger charge is 2.24. The molecule has 2 amide bonds. The molecular formula is C25H28BrClN4O3. The zero-order valence-electron chi connectivity index (χ0n) is 19.6. The molecule has 0 saturated heterocycles. The molecule has 3 aromatic rings. The van der Waals surface area contributed by atoms with E-state index < -0.39 is 0 Å². The Bertz CT molecular complexity index is 1170. The maximum Gasteiger partial charge on any atom is 0.254 e. The van der Waals surface area contributed by atoms with Crippen molar-refractivity contribution in [3.8, 4) is 5.69 Å². The van der Waals surface area contributed by atoms with Crippen molar-refractivity contribution < 1.29 is 14.3 Å².